The second-order valence-electron chi connectivity index (χ2n) is 10.1. The molecule has 2 aromatic carbocycles. The van der Waals surface area contributed by atoms with Crippen LogP contribution in [0.15, 0.2) is 54.6 Å². The van der Waals surface area contributed by atoms with Crippen molar-refractivity contribution in [3.63, 3.8) is 0 Å². The largest absolute Gasteiger partial charge is 0.497 e. The molecule has 3 aromatic rings. The molecule has 11 heteroatoms. The number of nitrogens with zero attached hydrogens (tertiary/aromatic N) is 3. The third-order valence-electron chi connectivity index (χ3n) is 6.90. The molecule has 4 N–H and O–H groups in total. The van der Waals surface area contributed by atoms with E-state index in [9.17, 15) is 4.79 Å². The van der Waals surface area contributed by atoms with Crippen molar-refractivity contribution in [3.8, 4) is 5.75 Å². The maximum atomic E-state index is 12.0. The number of hydrogen-bond acceptors (Lipinski definition) is 10. The molecular weight excluding hydrogens is 534 g/mol. The van der Waals surface area contributed by atoms with E-state index in [1.165, 1.54) is 25.7 Å². The van der Waals surface area contributed by atoms with Crippen LogP contribution >= 0.6 is 0 Å². The lowest BCUT2D eigenvalue weighted by Gasteiger charge is -2.17. The highest BCUT2D eigenvalue weighted by Gasteiger charge is 2.15. The van der Waals surface area contributed by atoms with Crippen LogP contribution < -0.4 is 26.0 Å². The Hall–Kier alpha value is -3.96. The quantitative estimate of drug-likeness (QED) is 0.134. The van der Waals surface area contributed by atoms with E-state index in [1.54, 1.807) is 19.2 Å². The Morgan fingerprint density at radius 1 is 0.762 bits per heavy atom. The van der Waals surface area contributed by atoms with Gasteiger partial charge >= 0.3 is 0 Å². The van der Waals surface area contributed by atoms with Crippen molar-refractivity contribution in [3.05, 3.63) is 65.7 Å². The molecule has 42 heavy (non-hydrogen) atoms. The first kappa shape index (κ1) is 31.0. The summed E-state index contributed by atoms with van der Waals surface area (Å²) in [5, 5.41) is 13.0. The highest BCUT2D eigenvalue weighted by molar-refractivity contribution is 5.94. The zero-order valence-corrected chi connectivity index (χ0v) is 24.4. The summed E-state index contributed by atoms with van der Waals surface area (Å²) in [4.78, 5) is 25.9. The number of carbonyl (C=O) groups is 1. The first-order valence-corrected chi connectivity index (χ1v) is 14.8. The van der Waals surface area contributed by atoms with Crippen LogP contribution in [-0.4, -0.2) is 73.5 Å². The minimum Gasteiger partial charge on any atom is -0.497 e. The van der Waals surface area contributed by atoms with Gasteiger partial charge in [-0.2, -0.15) is 15.0 Å². The molecule has 0 spiro atoms. The second-order valence-corrected chi connectivity index (χ2v) is 10.1. The van der Waals surface area contributed by atoms with Crippen molar-refractivity contribution in [2.24, 2.45) is 0 Å². The van der Waals surface area contributed by atoms with Gasteiger partial charge in [0.1, 0.15) is 5.75 Å². The zero-order chi connectivity index (χ0) is 29.2. The van der Waals surface area contributed by atoms with Gasteiger partial charge < -0.3 is 35.5 Å². The average molecular weight is 578 g/mol. The molecule has 0 bridgehead atoms. The molecule has 1 fully saturated rings. The summed E-state index contributed by atoms with van der Waals surface area (Å²) in [7, 11) is 1.66. The highest BCUT2D eigenvalue weighted by atomic mass is 16.5. The number of methoxy groups -OCH3 is 1. The van der Waals surface area contributed by atoms with Crippen LogP contribution in [0.4, 0.5) is 17.8 Å². The minimum atomic E-state index is -0.105. The Bertz CT molecular complexity index is 1190. The van der Waals surface area contributed by atoms with Gasteiger partial charge in [-0.05, 0) is 42.7 Å². The van der Waals surface area contributed by atoms with Gasteiger partial charge in [-0.15, -0.1) is 0 Å². The van der Waals surface area contributed by atoms with Crippen LogP contribution in [-0.2, 0) is 16.0 Å². The fourth-order valence-corrected chi connectivity index (χ4v) is 4.61. The van der Waals surface area contributed by atoms with Crippen LogP contribution in [0, 0.1) is 0 Å². The van der Waals surface area contributed by atoms with Gasteiger partial charge in [0.2, 0.25) is 17.8 Å². The Labute approximate surface area is 248 Å². The molecule has 1 aliphatic rings. The maximum Gasteiger partial charge on any atom is 0.251 e. The molecule has 0 aliphatic heterocycles. The third kappa shape index (κ3) is 11.1. The van der Waals surface area contributed by atoms with E-state index < -0.39 is 0 Å². The first-order valence-electron chi connectivity index (χ1n) is 14.8. The van der Waals surface area contributed by atoms with Gasteiger partial charge in [0, 0.05) is 31.2 Å². The number of hydrogen-bond donors (Lipinski definition) is 4. The first-order chi connectivity index (χ1) is 20.7. The van der Waals surface area contributed by atoms with Gasteiger partial charge in [0.05, 0.1) is 33.5 Å². The number of benzene rings is 2. The lowest BCUT2D eigenvalue weighted by Crippen LogP contribution is -2.27. The van der Waals surface area contributed by atoms with Crippen molar-refractivity contribution in [1.29, 1.82) is 0 Å². The lowest BCUT2D eigenvalue weighted by molar-refractivity contribution is 0.0519. The number of rotatable bonds is 17. The van der Waals surface area contributed by atoms with Crippen molar-refractivity contribution >= 4 is 23.8 Å². The normalized spacial score (nSPS) is 13.6. The standard InChI is InChI=1S/C31H43N7O4/c1-40-27-15-13-24(14-16-27)23-34-30-36-29(37-31(38-30)35-26-11-7-2-3-8-12-26)33-18-20-42-22-21-41-19-17-32-28(39)25-9-5-4-6-10-25/h4-6,9-10,13-16,26H,2-3,7-8,11-12,17-23H2,1H3,(H,32,39)(H3,33,34,35,36,37,38). The van der Waals surface area contributed by atoms with E-state index in [2.05, 4.69) is 36.2 Å². The molecule has 1 heterocycles. The smallest absolute Gasteiger partial charge is 0.251 e. The Balaban J connectivity index is 1.18. The summed E-state index contributed by atoms with van der Waals surface area (Å²) in [6, 6.07) is 17.4. The van der Waals surface area contributed by atoms with Gasteiger partial charge in [0.15, 0.2) is 0 Å². The Morgan fingerprint density at radius 2 is 1.40 bits per heavy atom. The van der Waals surface area contributed by atoms with Crippen molar-refractivity contribution < 1.29 is 19.0 Å². The van der Waals surface area contributed by atoms with E-state index in [4.69, 9.17) is 14.2 Å². The predicted octanol–water partition coefficient (Wildman–Crippen LogP) is 4.50. The number of anilines is 3. The van der Waals surface area contributed by atoms with Crippen molar-refractivity contribution in [1.82, 2.24) is 20.3 Å². The molecule has 0 atom stereocenters. The molecule has 0 radical (unpaired) electrons. The zero-order valence-electron chi connectivity index (χ0n) is 24.4. The summed E-state index contributed by atoms with van der Waals surface area (Å²) in [6.07, 6.45) is 7.26. The molecule has 1 saturated carbocycles. The molecule has 226 valence electrons. The molecule has 4 rings (SSSR count). The van der Waals surface area contributed by atoms with E-state index in [0.717, 1.165) is 24.2 Å². The second kappa shape index (κ2) is 17.8. The van der Waals surface area contributed by atoms with Crippen LogP contribution in [0.1, 0.15) is 54.4 Å². The number of nitrogens with one attached hydrogen (secondary N) is 4. The molecule has 1 aromatic heterocycles. The van der Waals surface area contributed by atoms with Gasteiger partial charge in [-0.1, -0.05) is 56.0 Å². The number of carbonyl (C=O) groups excluding carboxylic acids is 1. The third-order valence-corrected chi connectivity index (χ3v) is 6.90. The Morgan fingerprint density at radius 3 is 2.10 bits per heavy atom. The SMILES string of the molecule is COc1ccc(CNc2nc(NCCOCCOCCNC(=O)c3ccccc3)nc(NC3CCCCCC3)n2)cc1. The van der Waals surface area contributed by atoms with Crippen molar-refractivity contribution in [2.75, 3.05) is 62.6 Å². The molecule has 0 saturated heterocycles. The summed E-state index contributed by atoms with van der Waals surface area (Å²) < 4.78 is 16.5. The predicted molar refractivity (Wildman–Crippen MR) is 164 cm³/mol. The summed E-state index contributed by atoms with van der Waals surface area (Å²) in [5.41, 5.74) is 1.73. The van der Waals surface area contributed by atoms with E-state index in [0.29, 0.717) is 75.5 Å². The number of ether oxygens (including phenoxy) is 3. The summed E-state index contributed by atoms with van der Waals surface area (Å²) in [5.74, 6) is 2.29. The van der Waals surface area contributed by atoms with Gasteiger partial charge in [-0.25, -0.2) is 0 Å². The molecule has 11 nitrogen and oxygen atoms in total. The number of amides is 1. The topological polar surface area (TPSA) is 132 Å². The fraction of sp³-hybridized carbons (Fsp3) is 0.484. The van der Waals surface area contributed by atoms with Crippen LogP contribution in [0.25, 0.3) is 0 Å². The monoisotopic (exact) mass is 577 g/mol. The summed E-state index contributed by atoms with van der Waals surface area (Å²) in [6.45, 7) is 3.36. The van der Waals surface area contributed by atoms with Gasteiger partial charge in [-0.3, -0.25) is 4.79 Å². The highest BCUT2D eigenvalue weighted by Crippen LogP contribution is 2.21. The lowest BCUT2D eigenvalue weighted by atomic mass is 10.1. The fourth-order valence-electron chi connectivity index (χ4n) is 4.61. The molecule has 0 unspecified atom stereocenters. The van der Waals surface area contributed by atoms with Crippen molar-refractivity contribution in [2.45, 2.75) is 51.1 Å². The van der Waals surface area contributed by atoms with Crippen LogP contribution in [0.2, 0.25) is 0 Å². The van der Waals surface area contributed by atoms with Crippen LogP contribution in [0.5, 0.6) is 5.75 Å². The maximum absolute atomic E-state index is 12.0. The van der Waals surface area contributed by atoms with E-state index >= 15 is 0 Å². The minimum absolute atomic E-state index is 0.105. The Kier molecular flexibility index (Phi) is 13.1. The van der Waals surface area contributed by atoms with E-state index in [-0.39, 0.29) is 5.91 Å². The van der Waals surface area contributed by atoms with Gasteiger partial charge in [0.25, 0.3) is 5.91 Å². The molecule has 1 amide bonds. The molecule has 1 aliphatic carbocycles. The summed E-state index contributed by atoms with van der Waals surface area (Å²) >= 11 is 0. The van der Waals surface area contributed by atoms with Crippen LogP contribution in [0.3, 0.4) is 0 Å². The number of aromatic nitrogens is 3. The van der Waals surface area contributed by atoms with E-state index in [1.807, 2.05) is 42.5 Å². The average Bonchev–Trinajstić information content (AvgIpc) is 3.30. The molecular formula is C31H43N7O4.